The maximum atomic E-state index is 4.25. The van der Waals surface area contributed by atoms with E-state index in [4.69, 9.17) is 0 Å². The Kier molecular flexibility index (Phi) is 5.35. The molecule has 0 atom stereocenters. The van der Waals surface area contributed by atoms with Gasteiger partial charge >= 0.3 is 0 Å². The smallest absolute Gasteiger partial charge is 0.135 e. The molecule has 20 heavy (non-hydrogen) atoms. The second-order valence-corrected chi connectivity index (χ2v) is 4.92. The highest BCUT2D eigenvalue weighted by Gasteiger charge is 1.99. The van der Waals surface area contributed by atoms with Crippen LogP contribution in [-0.2, 0) is 0 Å². The van der Waals surface area contributed by atoms with E-state index in [1.165, 1.54) is 24.8 Å². The van der Waals surface area contributed by atoms with Gasteiger partial charge in [0.15, 0.2) is 0 Å². The van der Waals surface area contributed by atoms with Crippen LogP contribution in [0.25, 0.3) is 0 Å². The van der Waals surface area contributed by atoms with Crippen molar-refractivity contribution >= 4 is 17.3 Å². The lowest BCUT2D eigenvalue weighted by atomic mass is 10.2. The van der Waals surface area contributed by atoms with Crippen molar-refractivity contribution in [3.63, 3.8) is 0 Å². The van der Waals surface area contributed by atoms with E-state index < -0.39 is 0 Å². The molecule has 4 nitrogen and oxygen atoms in total. The van der Waals surface area contributed by atoms with Gasteiger partial charge in [0.1, 0.15) is 18.0 Å². The number of unbranched alkanes of at least 4 members (excludes halogenated alkanes) is 2. The molecule has 0 bridgehead atoms. The van der Waals surface area contributed by atoms with Crippen LogP contribution in [0, 0.1) is 6.92 Å². The zero-order chi connectivity index (χ0) is 14.2. The Hall–Kier alpha value is -2.10. The lowest BCUT2D eigenvalue weighted by Crippen LogP contribution is -2.04. The monoisotopic (exact) mass is 270 g/mol. The number of aryl methyl sites for hydroxylation is 1. The number of nitrogens with zero attached hydrogens (tertiary/aromatic N) is 2. The summed E-state index contributed by atoms with van der Waals surface area (Å²) in [5, 5.41) is 6.62. The summed E-state index contributed by atoms with van der Waals surface area (Å²) in [4.78, 5) is 8.48. The van der Waals surface area contributed by atoms with Gasteiger partial charge in [0.05, 0.1) is 0 Å². The minimum Gasteiger partial charge on any atom is -0.370 e. The highest BCUT2D eigenvalue weighted by molar-refractivity contribution is 5.59. The molecule has 0 saturated carbocycles. The molecule has 0 unspecified atom stereocenters. The quantitative estimate of drug-likeness (QED) is 0.743. The maximum absolute atomic E-state index is 4.25. The predicted octanol–water partition coefficient (Wildman–Crippen LogP) is 4.13. The van der Waals surface area contributed by atoms with Crippen LogP contribution in [-0.4, -0.2) is 16.5 Å². The van der Waals surface area contributed by atoms with E-state index in [2.05, 4.69) is 46.6 Å². The normalized spacial score (nSPS) is 10.3. The second kappa shape index (κ2) is 7.48. The van der Waals surface area contributed by atoms with E-state index in [1.54, 1.807) is 6.33 Å². The van der Waals surface area contributed by atoms with Gasteiger partial charge in [-0.2, -0.15) is 0 Å². The molecule has 0 aliphatic heterocycles. The molecular formula is C16H22N4. The first-order valence-electron chi connectivity index (χ1n) is 7.17. The fourth-order valence-corrected chi connectivity index (χ4v) is 1.98. The van der Waals surface area contributed by atoms with Crippen LogP contribution in [0.4, 0.5) is 17.3 Å². The Balaban J connectivity index is 1.95. The third-order valence-electron chi connectivity index (χ3n) is 3.04. The molecule has 0 aliphatic carbocycles. The van der Waals surface area contributed by atoms with Crippen molar-refractivity contribution < 1.29 is 0 Å². The van der Waals surface area contributed by atoms with Crippen molar-refractivity contribution in [3.05, 3.63) is 42.2 Å². The first-order valence-corrected chi connectivity index (χ1v) is 7.17. The summed E-state index contributed by atoms with van der Waals surface area (Å²) in [6.07, 6.45) is 5.22. The molecule has 2 N–H and O–H groups in total. The average Bonchev–Trinajstić information content (AvgIpc) is 2.44. The highest BCUT2D eigenvalue weighted by Crippen LogP contribution is 2.17. The van der Waals surface area contributed by atoms with Gasteiger partial charge in [-0.1, -0.05) is 31.9 Å². The molecule has 0 aliphatic rings. The van der Waals surface area contributed by atoms with Gasteiger partial charge in [0, 0.05) is 18.3 Å². The van der Waals surface area contributed by atoms with Crippen molar-refractivity contribution in [2.45, 2.75) is 33.1 Å². The molecule has 0 radical (unpaired) electrons. The molecule has 2 rings (SSSR count). The van der Waals surface area contributed by atoms with Gasteiger partial charge in [-0.3, -0.25) is 0 Å². The number of aromatic nitrogens is 2. The highest BCUT2D eigenvalue weighted by atomic mass is 15.1. The fraction of sp³-hybridized carbons (Fsp3) is 0.375. The van der Waals surface area contributed by atoms with Gasteiger partial charge < -0.3 is 10.6 Å². The summed E-state index contributed by atoms with van der Waals surface area (Å²) in [7, 11) is 0. The van der Waals surface area contributed by atoms with Crippen molar-refractivity contribution in [3.8, 4) is 0 Å². The molecule has 106 valence electrons. The summed E-state index contributed by atoms with van der Waals surface area (Å²) in [5.41, 5.74) is 2.27. The zero-order valence-corrected chi connectivity index (χ0v) is 12.2. The summed E-state index contributed by atoms with van der Waals surface area (Å²) < 4.78 is 0. The minimum absolute atomic E-state index is 0.809. The number of benzene rings is 1. The molecule has 0 spiro atoms. The average molecular weight is 270 g/mol. The van der Waals surface area contributed by atoms with E-state index in [0.717, 1.165) is 23.9 Å². The first-order chi connectivity index (χ1) is 9.78. The maximum Gasteiger partial charge on any atom is 0.135 e. The van der Waals surface area contributed by atoms with Crippen LogP contribution in [0.3, 0.4) is 0 Å². The lowest BCUT2D eigenvalue weighted by Gasteiger charge is -2.09. The summed E-state index contributed by atoms with van der Waals surface area (Å²) in [5.74, 6) is 1.68. The summed E-state index contributed by atoms with van der Waals surface area (Å²) in [6.45, 7) is 5.23. The third-order valence-corrected chi connectivity index (χ3v) is 3.04. The standard InChI is InChI=1S/C16H22N4/c1-3-4-5-9-17-15-11-16(19-12-18-15)20-14-8-6-7-13(2)10-14/h6-8,10-12H,3-5,9H2,1-2H3,(H2,17,18,19,20). The van der Waals surface area contributed by atoms with Crippen LogP contribution in [0.2, 0.25) is 0 Å². The molecule has 2 aromatic rings. The van der Waals surface area contributed by atoms with Crippen molar-refractivity contribution in [1.29, 1.82) is 0 Å². The first kappa shape index (κ1) is 14.3. The molecule has 1 aromatic heterocycles. The van der Waals surface area contributed by atoms with E-state index >= 15 is 0 Å². The number of rotatable bonds is 7. The zero-order valence-electron chi connectivity index (χ0n) is 12.2. The van der Waals surface area contributed by atoms with E-state index in [9.17, 15) is 0 Å². The van der Waals surface area contributed by atoms with Crippen LogP contribution in [0.15, 0.2) is 36.7 Å². The van der Waals surface area contributed by atoms with Crippen molar-refractivity contribution in [1.82, 2.24) is 9.97 Å². The Morgan fingerprint density at radius 2 is 1.90 bits per heavy atom. The van der Waals surface area contributed by atoms with Crippen LogP contribution >= 0.6 is 0 Å². The number of hydrogen-bond acceptors (Lipinski definition) is 4. The Labute approximate surface area is 120 Å². The molecule has 0 amide bonds. The van der Waals surface area contributed by atoms with E-state index in [-0.39, 0.29) is 0 Å². The predicted molar refractivity (Wildman–Crippen MR) is 84.5 cm³/mol. The van der Waals surface area contributed by atoms with Crippen LogP contribution in [0.1, 0.15) is 31.7 Å². The van der Waals surface area contributed by atoms with Gasteiger partial charge in [-0.15, -0.1) is 0 Å². The largest absolute Gasteiger partial charge is 0.370 e. The molecule has 1 aromatic carbocycles. The van der Waals surface area contributed by atoms with Gasteiger partial charge in [0.2, 0.25) is 0 Å². The number of nitrogens with one attached hydrogen (secondary N) is 2. The van der Waals surface area contributed by atoms with E-state index in [0.29, 0.717) is 0 Å². The minimum atomic E-state index is 0.809. The SMILES string of the molecule is CCCCCNc1cc(Nc2cccc(C)c2)ncn1. The fourth-order valence-electron chi connectivity index (χ4n) is 1.98. The topological polar surface area (TPSA) is 49.8 Å². The summed E-state index contributed by atoms with van der Waals surface area (Å²) >= 11 is 0. The number of hydrogen-bond donors (Lipinski definition) is 2. The van der Waals surface area contributed by atoms with Gasteiger partial charge in [0.25, 0.3) is 0 Å². The van der Waals surface area contributed by atoms with Crippen molar-refractivity contribution in [2.24, 2.45) is 0 Å². The molecule has 0 fully saturated rings. The van der Waals surface area contributed by atoms with Crippen LogP contribution in [0.5, 0.6) is 0 Å². The summed E-state index contributed by atoms with van der Waals surface area (Å²) in [6, 6.07) is 10.2. The third kappa shape index (κ3) is 4.53. The van der Waals surface area contributed by atoms with Gasteiger partial charge in [-0.25, -0.2) is 9.97 Å². The van der Waals surface area contributed by atoms with Crippen LogP contribution < -0.4 is 10.6 Å². The molecule has 4 heteroatoms. The Bertz CT molecular complexity index is 540. The number of anilines is 3. The molecular weight excluding hydrogens is 248 g/mol. The van der Waals surface area contributed by atoms with Gasteiger partial charge in [-0.05, 0) is 31.0 Å². The van der Waals surface area contributed by atoms with Crippen molar-refractivity contribution in [2.75, 3.05) is 17.2 Å². The second-order valence-electron chi connectivity index (χ2n) is 4.92. The lowest BCUT2D eigenvalue weighted by molar-refractivity contribution is 0.742. The Morgan fingerprint density at radius 1 is 1.05 bits per heavy atom. The van der Waals surface area contributed by atoms with E-state index in [1.807, 2.05) is 18.2 Å². The molecule has 1 heterocycles. The Morgan fingerprint density at radius 3 is 2.70 bits per heavy atom. The molecule has 0 saturated heterocycles.